The fourth-order valence-corrected chi connectivity index (χ4v) is 3.47. The third kappa shape index (κ3) is 4.26. The second-order valence-corrected chi connectivity index (χ2v) is 7.07. The van der Waals surface area contributed by atoms with Crippen LogP contribution < -0.4 is 5.32 Å². The first-order chi connectivity index (χ1) is 8.04. The molecule has 17 heavy (non-hydrogen) atoms. The van der Waals surface area contributed by atoms with Crippen LogP contribution in [0, 0.1) is 11.8 Å². The Bertz CT molecular complexity index is 232. The van der Waals surface area contributed by atoms with Gasteiger partial charge in [0.25, 0.3) is 0 Å². The number of hydrogen-bond acceptors (Lipinski definition) is 2. The average Bonchev–Trinajstić information content (AvgIpc) is 2.27. The standard InChI is InChI=1S/C15H30N2/c1-15(2,3)16-9-11-17-10-8-13-6-4-5-7-14(13)12-17/h13-14,16H,4-12H2,1-3H3. The van der Waals surface area contributed by atoms with Crippen LogP contribution in [0.4, 0.5) is 0 Å². The van der Waals surface area contributed by atoms with E-state index >= 15 is 0 Å². The third-order valence-electron chi connectivity index (χ3n) is 4.46. The van der Waals surface area contributed by atoms with Crippen LogP contribution in [0.1, 0.15) is 52.9 Å². The Labute approximate surface area is 107 Å². The van der Waals surface area contributed by atoms with Crippen LogP contribution in [0.25, 0.3) is 0 Å². The summed E-state index contributed by atoms with van der Waals surface area (Å²) in [6.07, 6.45) is 7.44. The number of likely N-dealkylation sites (tertiary alicyclic amines) is 1. The van der Waals surface area contributed by atoms with Crippen LogP contribution >= 0.6 is 0 Å². The summed E-state index contributed by atoms with van der Waals surface area (Å²) in [5.41, 5.74) is 0.267. The molecule has 2 aliphatic rings. The first-order valence-electron chi connectivity index (χ1n) is 7.52. The summed E-state index contributed by atoms with van der Waals surface area (Å²) in [6, 6.07) is 0. The van der Waals surface area contributed by atoms with E-state index in [0.29, 0.717) is 0 Å². The highest BCUT2D eigenvalue weighted by Crippen LogP contribution is 2.35. The molecular weight excluding hydrogens is 208 g/mol. The van der Waals surface area contributed by atoms with Gasteiger partial charge in [-0.05, 0) is 52.0 Å². The van der Waals surface area contributed by atoms with E-state index in [-0.39, 0.29) is 5.54 Å². The molecule has 0 spiro atoms. The van der Waals surface area contributed by atoms with Gasteiger partial charge in [-0.2, -0.15) is 0 Å². The van der Waals surface area contributed by atoms with Gasteiger partial charge in [0, 0.05) is 25.2 Å². The van der Waals surface area contributed by atoms with Gasteiger partial charge in [-0.25, -0.2) is 0 Å². The minimum Gasteiger partial charge on any atom is -0.311 e. The van der Waals surface area contributed by atoms with Gasteiger partial charge in [0.1, 0.15) is 0 Å². The molecule has 0 amide bonds. The molecule has 100 valence electrons. The first-order valence-corrected chi connectivity index (χ1v) is 7.52. The van der Waals surface area contributed by atoms with E-state index < -0.39 is 0 Å². The Kier molecular flexibility index (Phi) is 4.48. The maximum absolute atomic E-state index is 3.60. The predicted octanol–water partition coefficient (Wildman–Crippen LogP) is 2.89. The molecule has 1 saturated heterocycles. The van der Waals surface area contributed by atoms with E-state index in [0.717, 1.165) is 18.4 Å². The molecule has 0 bridgehead atoms. The van der Waals surface area contributed by atoms with Crippen LogP contribution in [0.5, 0.6) is 0 Å². The quantitative estimate of drug-likeness (QED) is 0.813. The van der Waals surface area contributed by atoms with Crippen molar-refractivity contribution in [3.63, 3.8) is 0 Å². The predicted molar refractivity (Wildman–Crippen MR) is 74.3 cm³/mol. The second-order valence-electron chi connectivity index (χ2n) is 7.07. The molecule has 2 nitrogen and oxygen atoms in total. The molecule has 0 aromatic heterocycles. The largest absolute Gasteiger partial charge is 0.311 e. The molecule has 1 heterocycles. The van der Waals surface area contributed by atoms with Crippen LogP contribution in [0.15, 0.2) is 0 Å². The number of piperidine rings is 1. The van der Waals surface area contributed by atoms with Crippen molar-refractivity contribution in [3.05, 3.63) is 0 Å². The molecule has 2 fully saturated rings. The highest BCUT2D eigenvalue weighted by atomic mass is 15.2. The molecule has 0 radical (unpaired) electrons. The summed E-state index contributed by atoms with van der Waals surface area (Å²) in [5, 5.41) is 3.60. The van der Waals surface area contributed by atoms with Gasteiger partial charge in [0.05, 0.1) is 0 Å². The van der Waals surface area contributed by atoms with Crippen molar-refractivity contribution in [2.45, 2.75) is 58.4 Å². The number of rotatable bonds is 3. The van der Waals surface area contributed by atoms with E-state index in [1.807, 2.05) is 0 Å². The zero-order valence-corrected chi connectivity index (χ0v) is 12.0. The molecule has 0 aromatic rings. The Balaban J connectivity index is 1.69. The zero-order chi connectivity index (χ0) is 12.3. The fourth-order valence-electron chi connectivity index (χ4n) is 3.47. The van der Waals surface area contributed by atoms with Gasteiger partial charge in [0.2, 0.25) is 0 Å². The maximum Gasteiger partial charge on any atom is 0.0107 e. The summed E-state index contributed by atoms with van der Waals surface area (Å²) in [5.74, 6) is 2.09. The van der Waals surface area contributed by atoms with Crippen LogP contribution in [0.3, 0.4) is 0 Å². The third-order valence-corrected chi connectivity index (χ3v) is 4.46. The van der Waals surface area contributed by atoms with Crippen molar-refractivity contribution in [1.29, 1.82) is 0 Å². The van der Waals surface area contributed by atoms with E-state index in [1.165, 1.54) is 51.7 Å². The van der Waals surface area contributed by atoms with Crippen molar-refractivity contribution in [2.75, 3.05) is 26.2 Å². The van der Waals surface area contributed by atoms with Gasteiger partial charge in [-0.3, -0.25) is 0 Å². The highest BCUT2D eigenvalue weighted by molar-refractivity contribution is 4.84. The minimum absolute atomic E-state index is 0.267. The summed E-state index contributed by atoms with van der Waals surface area (Å²) < 4.78 is 0. The van der Waals surface area contributed by atoms with Crippen molar-refractivity contribution in [2.24, 2.45) is 11.8 Å². The van der Waals surface area contributed by atoms with E-state index in [4.69, 9.17) is 0 Å². The van der Waals surface area contributed by atoms with Gasteiger partial charge >= 0.3 is 0 Å². The Morgan fingerprint density at radius 2 is 1.76 bits per heavy atom. The molecule has 1 aliphatic heterocycles. The Hall–Kier alpha value is -0.0800. The number of fused-ring (bicyclic) bond motifs is 1. The molecule has 2 unspecified atom stereocenters. The summed E-state index contributed by atoms with van der Waals surface area (Å²) >= 11 is 0. The lowest BCUT2D eigenvalue weighted by Crippen LogP contribution is -2.46. The molecule has 0 aromatic carbocycles. The first kappa shape index (κ1) is 13.4. The van der Waals surface area contributed by atoms with Crippen molar-refractivity contribution in [3.8, 4) is 0 Å². The average molecular weight is 238 g/mol. The molecular formula is C15H30N2. The van der Waals surface area contributed by atoms with Crippen LogP contribution in [-0.4, -0.2) is 36.6 Å². The molecule has 1 saturated carbocycles. The minimum atomic E-state index is 0.267. The van der Waals surface area contributed by atoms with Gasteiger partial charge < -0.3 is 10.2 Å². The lowest BCUT2D eigenvalue weighted by atomic mass is 9.75. The number of nitrogens with one attached hydrogen (secondary N) is 1. The van der Waals surface area contributed by atoms with Gasteiger partial charge in [0.15, 0.2) is 0 Å². The fraction of sp³-hybridized carbons (Fsp3) is 1.00. The monoisotopic (exact) mass is 238 g/mol. The van der Waals surface area contributed by atoms with E-state index in [9.17, 15) is 0 Å². The maximum atomic E-state index is 3.60. The summed E-state index contributed by atoms with van der Waals surface area (Å²) in [6.45, 7) is 11.8. The molecule has 1 N–H and O–H groups in total. The lowest BCUT2D eigenvalue weighted by molar-refractivity contribution is 0.0863. The topological polar surface area (TPSA) is 15.3 Å². The zero-order valence-electron chi connectivity index (χ0n) is 12.0. The van der Waals surface area contributed by atoms with Crippen molar-refractivity contribution < 1.29 is 0 Å². The second kappa shape index (κ2) is 5.71. The van der Waals surface area contributed by atoms with E-state index in [1.54, 1.807) is 0 Å². The Morgan fingerprint density at radius 1 is 1.06 bits per heavy atom. The summed E-state index contributed by atoms with van der Waals surface area (Å²) in [4.78, 5) is 2.69. The SMILES string of the molecule is CC(C)(C)NCCN1CCC2CCCCC2C1. The number of nitrogens with zero attached hydrogens (tertiary/aromatic N) is 1. The van der Waals surface area contributed by atoms with Gasteiger partial charge in [-0.15, -0.1) is 0 Å². The van der Waals surface area contributed by atoms with Crippen LogP contribution in [-0.2, 0) is 0 Å². The van der Waals surface area contributed by atoms with Crippen molar-refractivity contribution in [1.82, 2.24) is 10.2 Å². The van der Waals surface area contributed by atoms with Gasteiger partial charge in [-0.1, -0.05) is 19.3 Å². The van der Waals surface area contributed by atoms with E-state index in [2.05, 4.69) is 31.0 Å². The molecule has 2 rings (SSSR count). The Morgan fingerprint density at radius 3 is 2.47 bits per heavy atom. The lowest BCUT2D eigenvalue weighted by Gasteiger charge is -2.41. The van der Waals surface area contributed by atoms with Crippen molar-refractivity contribution >= 4 is 0 Å². The molecule has 2 atom stereocenters. The van der Waals surface area contributed by atoms with Crippen LogP contribution in [0.2, 0.25) is 0 Å². The molecule has 2 heteroatoms. The normalized spacial score (nSPS) is 31.2. The number of hydrogen-bond donors (Lipinski definition) is 1. The highest BCUT2D eigenvalue weighted by Gasteiger charge is 2.30. The summed E-state index contributed by atoms with van der Waals surface area (Å²) in [7, 11) is 0. The smallest absolute Gasteiger partial charge is 0.0107 e. The molecule has 1 aliphatic carbocycles.